The first-order chi connectivity index (χ1) is 9.69. The Morgan fingerprint density at radius 1 is 1.25 bits per heavy atom. The molecule has 0 saturated heterocycles. The van der Waals surface area contributed by atoms with Crippen molar-refractivity contribution >= 4 is 23.2 Å². The van der Waals surface area contributed by atoms with Gasteiger partial charge in [0.25, 0.3) is 5.91 Å². The molecule has 0 spiro atoms. The van der Waals surface area contributed by atoms with E-state index < -0.39 is 0 Å². The second kappa shape index (κ2) is 6.60. The lowest BCUT2D eigenvalue weighted by Crippen LogP contribution is -2.20. The smallest absolute Gasteiger partial charge is 0.262 e. The van der Waals surface area contributed by atoms with Crippen LogP contribution in [0.25, 0.3) is 0 Å². The van der Waals surface area contributed by atoms with E-state index in [-0.39, 0.29) is 12.5 Å². The lowest BCUT2D eigenvalue weighted by molar-refractivity contribution is -0.118. The minimum Gasteiger partial charge on any atom is -0.482 e. The molecule has 0 saturated carbocycles. The zero-order valence-corrected chi connectivity index (χ0v) is 11.2. The van der Waals surface area contributed by atoms with Crippen LogP contribution >= 0.6 is 11.6 Å². The molecule has 100 valence electrons. The molecule has 0 unspecified atom stereocenters. The van der Waals surface area contributed by atoms with Gasteiger partial charge in [0, 0.05) is 16.8 Å². The van der Waals surface area contributed by atoms with Crippen LogP contribution in [0, 0.1) is 11.3 Å². The molecule has 0 atom stereocenters. The van der Waals surface area contributed by atoms with Crippen molar-refractivity contribution in [2.45, 2.75) is 0 Å². The Hall–Kier alpha value is -2.51. The Labute approximate surface area is 121 Å². The summed E-state index contributed by atoms with van der Waals surface area (Å²) >= 11 is 5.83. The van der Waals surface area contributed by atoms with Crippen molar-refractivity contribution in [3.05, 3.63) is 59.1 Å². The lowest BCUT2D eigenvalue weighted by Gasteiger charge is -2.08. The first-order valence-electron chi connectivity index (χ1n) is 5.86. The molecule has 0 heterocycles. The number of halogens is 1. The molecule has 0 aliphatic heterocycles. The van der Waals surface area contributed by atoms with E-state index in [9.17, 15) is 4.79 Å². The summed E-state index contributed by atoms with van der Waals surface area (Å²) in [6.07, 6.45) is 0. The molecule has 0 bridgehead atoms. The monoisotopic (exact) mass is 286 g/mol. The average molecular weight is 287 g/mol. The summed E-state index contributed by atoms with van der Waals surface area (Å²) in [6.45, 7) is -0.191. The van der Waals surface area contributed by atoms with Crippen molar-refractivity contribution in [2.75, 3.05) is 11.9 Å². The summed E-state index contributed by atoms with van der Waals surface area (Å²) in [5.41, 5.74) is 1.02. The van der Waals surface area contributed by atoms with Crippen LogP contribution in [-0.2, 0) is 4.79 Å². The third-order valence-corrected chi connectivity index (χ3v) is 2.72. The molecule has 2 aromatic rings. The summed E-state index contributed by atoms with van der Waals surface area (Å²) in [5.74, 6) is -0.0109. The Morgan fingerprint density at radius 3 is 2.70 bits per heavy atom. The van der Waals surface area contributed by atoms with E-state index in [1.807, 2.05) is 24.3 Å². The number of nitrogens with one attached hydrogen (secondary N) is 1. The first kappa shape index (κ1) is 13.9. The van der Waals surface area contributed by atoms with Crippen LogP contribution in [0.4, 0.5) is 5.69 Å². The summed E-state index contributed by atoms with van der Waals surface area (Å²) in [5, 5.41) is 12.1. The van der Waals surface area contributed by atoms with Gasteiger partial charge in [-0.25, -0.2) is 0 Å². The van der Waals surface area contributed by atoms with Crippen molar-refractivity contribution in [1.82, 2.24) is 0 Å². The largest absolute Gasteiger partial charge is 0.482 e. The molecule has 0 aromatic heterocycles. The number of hydrogen-bond donors (Lipinski definition) is 1. The number of carbonyl (C=O) groups excluding carboxylic acids is 1. The highest BCUT2D eigenvalue weighted by Crippen LogP contribution is 2.22. The summed E-state index contributed by atoms with van der Waals surface area (Å²) in [4.78, 5) is 11.7. The van der Waals surface area contributed by atoms with Gasteiger partial charge in [-0.15, -0.1) is 0 Å². The number of amides is 1. The van der Waals surface area contributed by atoms with Crippen molar-refractivity contribution in [2.24, 2.45) is 0 Å². The Kier molecular flexibility index (Phi) is 4.59. The minimum atomic E-state index is -0.305. The molecule has 2 aromatic carbocycles. The Balaban J connectivity index is 1.97. The van der Waals surface area contributed by atoms with Gasteiger partial charge in [0.1, 0.15) is 11.8 Å². The van der Waals surface area contributed by atoms with Gasteiger partial charge in [-0.3, -0.25) is 4.79 Å². The van der Waals surface area contributed by atoms with Crippen molar-refractivity contribution in [1.29, 1.82) is 5.26 Å². The van der Waals surface area contributed by atoms with Crippen LogP contribution in [0.2, 0.25) is 5.02 Å². The van der Waals surface area contributed by atoms with Crippen LogP contribution in [-0.4, -0.2) is 12.5 Å². The highest BCUT2D eigenvalue weighted by Gasteiger charge is 2.08. The van der Waals surface area contributed by atoms with Gasteiger partial charge in [-0.05, 0) is 24.3 Å². The number of nitriles is 1. The van der Waals surface area contributed by atoms with Gasteiger partial charge in [0.05, 0.1) is 5.56 Å². The number of para-hydroxylation sites is 1. The molecule has 0 fully saturated rings. The summed E-state index contributed by atoms with van der Waals surface area (Å²) in [6, 6.07) is 15.7. The number of rotatable bonds is 4. The standard InChI is InChI=1S/C15H11ClN2O2/c16-12-7-6-11(9-17)14(8-12)20-10-15(19)18-13-4-2-1-3-5-13/h1-8H,10H2,(H,18,19). The topological polar surface area (TPSA) is 62.1 Å². The van der Waals surface area contributed by atoms with Crippen molar-refractivity contribution in [3.63, 3.8) is 0 Å². The highest BCUT2D eigenvalue weighted by atomic mass is 35.5. The Morgan fingerprint density at radius 2 is 2.00 bits per heavy atom. The molecular formula is C15H11ClN2O2. The first-order valence-corrected chi connectivity index (χ1v) is 6.24. The molecule has 0 radical (unpaired) electrons. The van der Waals surface area contributed by atoms with Gasteiger partial charge < -0.3 is 10.1 Å². The van der Waals surface area contributed by atoms with Crippen LogP contribution < -0.4 is 10.1 Å². The molecule has 0 aliphatic carbocycles. The van der Waals surface area contributed by atoms with E-state index in [1.165, 1.54) is 6.07 Å². The number of hydrogen-bond acceptors (Lipinski definition) is 3. The third-order valence-electron chi connectivity index (χ3n) is 2.48. The van der Waals surface area contributed by atoms with E-state index >= 15 is 0 Å². The van der Waals surface area contributed by atoms with E-state index in [0.717, 1.165) is 0 Å². The fraction of sp³-hybridized carbons (Fsp3) is 0.0667. The summed E-state index contributed by atoms with van der Waals surface area (Å²) in [7, 11) is 0. The van der Waals surface area contributed by atoms with Gasteiger partial charge in [-0.2, -0.15) is 5.26 Å². The quantitative estimate of drug-likeness (QED) is 0.938. The molecule has 1 amide bonds. The average Bonchev–Trinajstić information content (AvgIpc) is 2.46. The fourth-order valence-corrected chi connectivity index (χ4v) is 1.73. The van der Waals surface area contributed by atoms with Crippen LogP contribution in [0.15, 0.2) is 48.5 Å². The normalized spacial score (nSPS) is 9.60. The second-order valence-corrected chi connectivity index (χ2v) is 4.39. The highest BCUT2D eigenvalue weighted by molar-refractivity contribution is 6.30. The maximum Gasteiger partial charge on any atom is 0.262 e. The molecule has 4 nitrogen and oxygen atoms in total. The predicted molar refractivity (Wildman–Crippen MR) is 76.7 cm³/mol. The van der Waals surface area contributed by atoms with E-state index in [0.29, 0.717) is 22.0 Å². The zero-order chi connectivity index (χ0) is 14.4. The SMILES string of the molecule is N#Cc1ccc(Cl)cc1OCC(=O)Nc1ccccc1. The van der Waals surface area contributed by atoms with Gasteiger partial charge in [0.15, 0.2) is 6.61 Å². The predicted octanol–water partition coefficient (Wildman–Crippen LogP) is 3.23. The Bertz CT molecular complexity index is 651. The molecule has 1 N–H and O–H groups in total. The zero-order valence-electron chi connectivity index (χ0n) is 10.5. The van der Waals surface area contributed by atoms with Crippen molar-refractivity contribution < 1.29 is 9.53 Å². The summed E-state index contributed by atoms with van der Waals surface area (Å²) < 4.78 is 5.32. The van der Waals surface area contributed by atoms with Gasteiger partial charge in [-0.1, -0.05) is 29.8 Å². The molecule has 2 rings (SSSR count). The molecule has 0 aliphatic rings. The molecule has 5 heteroatoms. The second-order valence-electron chi connectivity index (χ2n) is 3.96. The minimum absolute atomic E-state index is 0.191. The van der Waals surface area contributed by atoms with Gasteiger partial charge in [0.2, 0.25) is 0 Å². The maximum atomic E-state index is 11.7. The number of carbonyl (C=O) groups is 1. The maximum absolute atomic E-state index is 11.7. The van der Waals surface area contributed by atoms with Crippen LogP contribution in [0.1, 0.15) is 5.56 Å². The van der Waals surface area contributed by atoms with Gasteiger partial charge >= 0.3 is 0 Å². The van der Waals surface area contributed by atoms with E-state index in [4.69, 9.17) is 21.6 Å². The molecular weight excluding hydrogens is 276 g/mol. The third kappa shape index (κ3) is 3.74. The van der Waals surface area contributed by atoms with Crippen LogP contribution in [0.3, 0.4) is 0 Å². The molecule has 20 heavy (non-hydrogen) atoms. The number of benzene rings is 2. The lowest BCUT2D eigenvalue weighted by atomic mass is 10.2. The van der Waals surface area contributed by atoms with Crippen molar-refractivity contribution in [3.8, 4) is 11.8 Å². The number of anilines is 1. The van der Waals surface area contributed by atoms with Crippen LogP contribution in [0.5, 0.6) is 5.75 Å². The fourth-order valence-electron chi connectivity index (χ4n) is 1.57. The van der Waals surface area contributed by atoms with E-state index in [1.54, 1.807) is 24.3 Å². The van der Waals surface area contributed by atoms with E-state index in [2.05, 4.69) is 5.32 Å². The number of ether oxygens (including phenoxy) is 1. The number of nitrogens with zero attached hydrogens (tertiary/aromatic N) is 1.